The number of carbonyl (C=O) groups excluding carboxylic acids is 4. The minimum absolute atomic E-state index is 0. The summed E-state index contributed by atoms with van der Waals surface area (Å²) in [5, 5.41) is 48.7. The van der Waals surface area contributed by atoms with Gasteiger partial charge in [-0.05, 0) is 93.1 Å². The molecule has 0 radical (unpaired) electrons. The van der Waals surface area contributed by atoms with Gasteiger partial charge in [0.1, 0.15) is 22.4 Å². The van der Waals surface area contributed by atoms with Crippen molar-refractivity contribution in [3.05, 3.63) is 205 Å². The van der Waals surface area contributed by atoms with Crippen LogP contribution in [0.4, 0.5) is 105 Å². The van der Waals surface area contributed by atoms with Crippen LogP contribution in [-0.4, -0.2) is 103 Å². The van der Waals surface area contributed by atoms with E-state index in [0.717, 1.165) is 44.8 Å². The van der Waals surface area contributed by atoms with Crippen molar-refractivity contribution in [2.24, 2.45) is 0 Å². The van der Waals surface area contributed by atoms with Gasteiger partial charge in [0, 0.05) is 59.0 Å². The molecule has 42 heteroatoms. The van der Waals surface area contributed by atoms with Crippen LogP contribution in [0.25, 0.3) is 56.5 Å². The smallest absolute Gasteiger partial charge is 0.869 e. The molecular formula is C56H30Cu2F24N8O8. The van der Waals surface area contributed by atoms with Gasteiger partial charge in [-0.1, -0.05) is 72.8 Å². The van der Waals surface area contributed by atoms with Gasteiger partial charge in [0.2, 0.25) is 23.0 Å². The summed E-state index contributed by atoms with van der Waals surface area (Å²) in [5.41, 5.74) is 7.23. The van der Waals surface area contributed by atoms with E-state index in [4.69, 9.17) is 0 Å². The first-order chi connectivity index (χ1) is 44.0. The molecule has 16 nitrogen and oxygen atoms in total. The number of benzene rings is 4. The normalized spacial score (nSPS) is 12.5. The first kappa shape index (κ1) is 85.9. The largest absolute Gasteiger partial charge is 1.00 e. The molecular weight excluding hydrogens is 1500 g/mol. The number of allylic oxidation sites excluding steroid dienone is 8. The second kappa shape index (κ2) is 35.8. The molecule has 0 saturated carbocycles. The molecule has 0 aliphatic rings. The number of ketones is 4. The molecule has 4 aromatic carbocycles. The summed E-state index contributed by atoms with van der Waals surface area (Å²) in [6.07, 6.45) is -44.3. The summed E-state index contributed by atoms with van der Waals surface area (Å²) in [4.78, 5) is 57.3. The Balaban J connectivity index is 0.000000599. The number of carbonyl (C=O) groups is 4. The number of para-hydroxylation sites is 6. The number of pyridine rings is 2. The van der Waals surface area contributed by atoms with Crippen molar-refractivity contribution in [2.75, 3.05) is 0 Å². The minimum atomic E-state index is -5.46. The van der Waals surface area contributed by atoms with Crippen molar-refractivity contribution in [3.63, 3.8) is 0 Å². The monoisotopic (exact) mass is 1520 g/mol. The van der Waals surface area contributed by atoms with Crippen LogP contribution in [0.1, 0.15) is 0 Å². The van der Waals surface area contributed by atoms with Gasteiger partial charge in [-0.2, -0.15) is 105 Å². The zero-order valence-electron chi connectivity index (χ0n) is 46.8. The Morgan fingerprint density at radius 3 is 0.745 bits per heavy atom. The third-order valence-corrected chi connectivity index (χ3v) is 10.1. The van der Waals surface area contributed by atoms with Crippen molar-refractivity contribution in [1.82, 2.24) is 30.1 Å². The molecule has 4 heterocycles. The average molecular weight is 1530 g/mol. The predicted octanol–water partition coefficient (Wildman–Crippen LogP) is 9.63. The van der Waals surface area contributed by atoms with Crippen molar-refractivity contribution in [1.29, 1.82) is 0 Å². The first-order valence-corrected chi connectivity index (χ1v) is 24.6. The molecule has 8 aromatic rings. The Morgan fingerprint density at radius 1 is 0.306 bits per heavy atom. The summed E-state index contributed by atoms with van der Waals surface area (Å²) in [6.45, 7) is 0. The van der Waals surface area contributed by atoms with Crippen LogP contribution in [0.5, 0.6) is 0 Å². The topological polar surface area (TPSA) is 246 Å². The van der Waals surface area contributed by atoms with Crippen LogP contribution in [-0.2, 0) is 53.3 Å². The molecule has 98 heavy (non-hydrogen) atoms. The SMILES string of the molecule is O=C(/C=C(\[O-])C(F)(F)F)C(F)(F)F.O=C(/C=C(\[O-])C(F)(F)F)C(F)(F)F.O=C(/C=C(\[O-])C(F)(F)F)C(F)(F)F.O=C(/C=C(\[O-])C(F)(F)F)C(F)(F)F.[Cu+].[Cu+].c1ccc(-[n+]2nc(-c3ccccn3)nc3ccccc32)cc1.c1ccc(-[n+]2nc(-c3ccccn3)nc3ccccc32)cc1. The predicted molar refractivity (Wildman–Crippen MR) is 269 cm³/mol. The number of alkyl halides is 24. The zero-order valence-corrected chi connectivity index (χ0v) is 48.7. The molecule has 0 aliphatic heterocycles. The van der Waals surface area contributed by atoms with E-state index in [0.29, 0.717) is 11.6 Å². The number of hydrogen-bond acceptors (Lipinski definition) is 14. The van der Waals surface area contributed by atoms with E-state index in [1.807, 2.05) is 155 Å². The Kier molecular flexibility index (Phi) is 31.4. The first-order valence-electron chi connectivity index (χ1n) is 24.6. The summed E-state index contributed by atoms with van der Waals surface area (Å²) < 4.78 is 275. The number of rotatable bonds is 8. The Morgan fingerprint density at radius 2 is 0.531 bits per heavy atom. The zero-order chi connectivity index (χ0) is 73.0. The van der Waals surface area contributed by atoms with Gasteiger partial charge in [-0.25, -0.2) is 9.97 Å². The fourth-order valence-electron chi connectivity index (χ4n) is 5.92. The molecule has 0 spiro atoms. The molecule has 0 amide bonds. The molecule has 0 aliphatic carbocycles. The van der Waals surface area contributed by atoms with Crippen LogP contribution < -0.4 is 29.8 Å². The maximum Gasteiger partial charge on any atom is 1.00 e. The minimum Gasteiger partial charge on any atom is -0.869 e. The molecule has 0 saturated heterocycles. The van der Waals surface area contributed by atoms with Gasteiger partial charge in [-0.3, -0.25) is 29.1 Å². The Labute approximate surface area is 551 Å². The van der Waals surface area contributed by atoms with Gasteiger partial charge in [0.15, 0.2) is 0 Å². The van der Waals surface area contributed by atoms with E-state index in [2.05, 4.69) is 30.1 Å². The van der Waals surface area contributed by atoms with Gasteiger partial charge >= 0.3 is 83.5 Å². The van der Waals surface area contributed by atoms with Gasteiger partial charge in [0.25, 0.3) is 34.2 Å². The fourth-order valence-corrected chi connectivity index (χ4v) is 5.92. The van der Waals surface area contributed by atoms with E-state index in [9.17, 15) is 145 Å². The Hall–Kier alpha value is -10.1. The average Bonchev–Trinajstić information content (AvgIpc) is 0.791. The van der Waals surface area contributed by atoms with E-state index in [1.165, 1.54) is 0 Å². The second-order valence-corrected chi connectivity index (χ2v) is 17.2. The third kappa shape index (κ3) is 28.3. The standard InChI is InChI=1S/2C18H13N4.4C5H2F6O2.2Cu/c2*1-2-8-14(9-3-1)22-17-12-5-4-10-15(17)20-18(21-22)16-11-6-7-13-19-16;4*6-4(7,8)2(12)1-3(13)5(9,10)11;;/h2*1-13H;4*1,12H;;/q2*+1;;;;;2*+1/p-4/b;;4*2-1-;;. The summed E-state index contributed by atoms with van der Waals surface area (Å²) in [5.74, 6) is -21.4. The molecule has 0 N–H and O–H groups in total. The van der Waals surface area contributed by atoms with Gasteiger partial charge in [-0.15, -0.1) is 0 Å². The quantitative estimate of drug-likeness (QED) is 0.0452. The van der Waals surface area contributed by atoms with Crippen LogP contribution in [0.3, 0.4) is 0 Å². The number of nitrogens with zero attached hydrogens (tertiary/aromatic N) is 8. The van der Waals surface area contributed by atoms with Crippen LogP contribution in [0, 0.1) is 0 Å². The van der Waals surface area contributed by atoms with Crippen molar-refractivity contribution in [2.45, 2.75) is 49.4 Å². The Bertz CT molecular complexity index is 3710. The van der Waals surface area contributed by atoms with Gasteiger partial charge < -0.3 is 20.4 Å². The molecule has 0 bridgehead atoms. The van der Waals surface area contributed by atoms with E-state index < -0.39 is 120 Å². The van der Waals surface area contributed by atoms with Crippen LogP contribution >= 0.6 is 0 Å². The molecule has 8 rings (SSSR count). The second-order valence-electron chi connectivity index (χ2n) is 17.2. The number of fused-ring (bicyclic) bond motifs is 2. The summed E-state index contributed by atoms with van der Waals surface area (Å²) >= 11 is 0. The van der Waals surface area contributed by atoms with E-state index in [1.54, 1.807) is 12.4 Å². The number of halogens is 24. The third-order valence-electron chi connectivity index (χ3n) is 10.1. The molecule has 4 aromatic heterocycles. The fraction of sp³-hybridized carbons (Fsp3) is 0.143. The van der Waals surface area contributed by atoms with Crippen LogP contribution in [0.15, 0.2) is 205 Å². The van der Waals surface area contributed by atoms with Crippen molar-refractivity contribution < 1.29 is 188 Å². The summed E-state index contributed by atoms with van der Waals surface area (Å²) in [6, 6.07) is 47.5. The number of hydrogen-bond donors (Lipinski definition) is 0. The van der Waals surface area contributed by atoms with Crippen LogP contribution in [0.2, 0.25) is 0 Å². The summed E-state index contributed by atoms with van der Waals surface area (Å²) in [7, 11) is 0. The van der Waals surface area contributed by atoms with Gasteiger partial charge in [0.05, 0.1) is 0 Å². The van der Waals surface area contributed by atoms with Crippen molar-refractivity contribution >= 4 is 45.2 Å². The maximum absolute atomic E-state index is 11.3. The molecule has 0 fully saturated rings. The molecule has 0 atom stereocenters. The van der Waals surface area contributed by atoms with Crippen molar-refractivity contribution in [3.8, 4) is 34.4 Å². The van der Waals surface area contributed by atoms with E-state index >= 15 is 0 Å². The van der Waals surface area contributed by atoms with E-state index in [-0.39, 0.29) is 34.1 Å². The number of aromatic nitrogens is 8. The maximum atomic E-state index is 11.3. The molecule has 532 valence electrons. The molecule has 0 unspecified atom stereocenters.